The van der Waals surface area contributed by atoms with E-state index in [1.165, 1.54) is 12.1 Å². The van der Waals surface area contributed by atoms with Crippen molar-refractivity contribution in [3.8, 4) is 0 Å². The Balaban J connectivity index is 2.16. The van der Waals surface area contributed by atoms with Crippen molar-refractivity contribution in [2.45, 2.75) is 39.0 Å². The molecular weight excluding hydrogens is 364 g/mol. The van der Waals surface area contributed by atoms with E-state index >= 15 is 0 Å². The molecule has 3 rings (SSSR count). The quantitative estimate of drug-likeness (QED) is 0.436. The van der Waals surface area contributed by atoms with Gasteiger partial charge in [-0.2, -0.15) is 0 Å². The fourth-order valence-electron chi connectivity index (χ4n) is 3.49. The van der Waals surface area contributed by atoms with Crippen molar-refractivity contribution in [3.63, 3.8) is 0 Å². The molecule has 0 radical (unpaired) electrons. The second-order valence-corrected chi connectivity index (χ2v) is 6.66. The zero-order chi connectivity index (χ0) is 20.3. The van der Waals surface area contributed by atoms with E-state index in [-0.39, 0.29) is 18.9 Å². The van der Waals surface area contributed by atoms with Crippen molar-refractivity contribution >= 4 is 17.6 Å². The first-order valence-corrected chi connectivity index (χ1v) is 9.29. The van der Waals surface area contributed by atoms with Crippen molar-refractivity contribution < 1.29 is 24.0 Å². The van der Waals surface area contributed by atoms with Crippen molar-refractivity contribution in [3.05, 3.63) is 62.5 Å². The van der Waals surface area contributed by atoms with E-state index in [0.717, 1.165) is 6.42 Å². The number of dihydropyridines is 1. The van der Waals surface area contributed by atoms with Crippen LogP contribution in [0, 0.1) is 10.1 Å². The van der Waals surface area contributed by atoms with Gasteiger partial charge in [-0.15, -0.1) is 0 Å². The summed E-state index contributed by atoms with van der Waals surface area (Å²) in [6.45, 7) is 4.21. The number of non-ortho nitro benzene ring substituents is 1. The number of esters is 2. The lowest BCUT2D eigenvalue weighted by molar-refractivity contribution is -0.384. The molecule has 28 heavy (non-hydrogen) atoms. The molecular formula is C20H22N2O6. The van der Waals surface area contributed by atoms with Crippen LogP contribution in [-0.2, 0) is 19.1 Å². The van der Waals surface area contributed by atoms with Gasteiger partial charge >= 0.3 is 11.9 Å². The lowest BCUT2D eigenvalue weighted by atomic mass is 9.80. The van der Waals surface area contributed by atoms with Gasteiger partial charge in [0.05, 0.1) is 34.3 Å². The summed E-state index contributed by atoms with van der Waals surface area (Å²) in [4.78, 5) is 36.1. The predicted molar refractivity (Wildman–Crippen MR) is 100 cm³/mol. The van der Waals surface area contributed by atoms with Gasteiger partial charge < -0.3 is 14.8 Å². The van der Waals surface area contributed by atoms with Crippen LogP contribution in [0.4, 0.5) is 5.69 Å². The number of carbonyl (C=O) groups excluding carboxylic acids is 2. The molecule has 1 unspecified atom stereocenters. The smallest absolute Gasteiger partial charge is 0.337 e. The maximum Gasteiger partial charge on any atom is 0.337 e. The summed E-state index contributed by atoms with van der Waals surface area (Å²) < 4.78 is 10.6. The van der Waals surface area contributed by atoms with Crippen LogP contribution in [0.25, 0.3) is 0 Å². The van der Waals surface area contributed by atoms with Crippen LogP contribution >= 0.6 is 0 Å². The second-order valence-electron chi connectivity index (χ2n) is 6.66. The molecule has 0 amide bonds. The molecule has 0 saturated heterocycles. The Hall–Kier alpha value is -3.16. The average Bonchev–Trinajstić information content (AvgIpc) is 3.06. The lowest BCUT2D eigenvalue weighted by Gasteiger charge is -2.29. The SMILES string of the molecule is CCCOC(=O)C1=C(CCC)NC2=C(C(=O)OC2)C1c1cccc([N+](=O)[O-])c1. The molecule has 0 saturated carbocycles. The highest BCUT2D eigenvalue weighted by molar-refractivity contribution is 6.01. The Bertz CT molecular complexity index is 886. The summed E-state index contributed by atoms with van der Waals surface area (Å²) in [6, 6.07) is 5.99. The Morgan fingerprint density at radius 1 is 1.36 bits per heavy atom. The van der Waals surface area contributed by atoms with Crippen LogP contribution < -0.4 is 5.32 Å². The summed E-state index contributed by atoms with van der Waals surface area (Å²) >= 11 is 0. The predicted octanol–water partition coefficient (Wildman–Crippen LogP) is 3.10. The highest BCUT2D eigenvalue weighted by Crippen LogP contribution is 2.42. The molecule has 148 valence electrons. The number of nitrogens with one attached hydrogen (secondary N) is 1. The number of hydrogen-bond acceptors (Lipinski definition) is 7. The van der Waals surface area contributed by atoms with Gasteiger partial charge in [0.2, 0.25) is 0 Å². The summed E-state index contributed by atoms with van der Waals surface area (Å²) in [5, 5.41) is 14.4. The van der Waals surface area contributed by atoms with Gasteiger partial charge in [0, 0.05) is 17.8 Å². The summed E-state index contributed by atoms with van der Waals surface area (Å²) in [5.41, 5.74) is 2.26. The number of benzene rings is 1. The summed E-state index contributed by atoms with van der Waals surface area (Å²) in [6.07, 6.45) is 2.01. The standard InChI is InChI=1S/C20H22N2O6/c1-3-6-14-17(19(23)27-9-4-2)16(18-15(21-14)11-28-20(18)24)12-7-5-8-13(10-12)22(25)26/h5,7-8,10,16,21H,3-4,6,9,11H2,1-2H3. The molecule has 8 nitrogen and oxygen atoms in total. The zero-order valence-electron chi connectivity index (χ0n) is 15.8. The Morgan fingerprint density at radius 3 is 2.82 bits per heavy atom. The Kier molecular flexibility index (Phi) is 5.77. The van der Waals surface area contributed by atoms with Crippen molar-refractivity contribution in [2.24, 2.45) is 0 Å². The number of nitro groups is 1. The first-order chi connectivity index (χ1) is 13.5. The first-order valence-electron chi connectivity index (χ1n) is 9.29. The number of allylic oxidation sites excluding steroid dienone is 1. The van der Waals surface area contributed by atoms with Gasteiger partial charge in [-0.3, -0.25) is 10.1 Å². The van der Waals surface area contributed by atoms with Crippen LogP contribution in [0.15, 0.2) is 46.8 Å². The molecule has 2 heterocycles. The van der Waals surface area contributed by atoms with E-state index in [4.69, 9.17) is 9.47 Å². The fourth-order valence-corrected chi connectivity index (χ4v) is 3.49. The normalized spacial score (nSPS) is 18.5. The Labute approximate surface area is 162 Å². The van der Waals surface area contributed by atoms with Crippen LogP contribution in [0.1, 0.15) is 44.6 Å². The molecule has 0 aliphatic carbocycles. The topological polar surface area (TPSA) is 108 Å². The maximum absolute atomic E-state index is 12.9. The number of cyclic esters (lactones) is 1. The minimum atomic E-state index is -0.767. The Morgan fingerprint density at radius 2 is 2.14 bits per heavy atom. The van der Waals surface area contributed by atoms with E-state index in [0.29, 0.717) is 40.9 Å². The van der Waals surface area contributed by atoms with Gasteiger partial charge in [-0.05, 0) is 18.4 Å². The maximum atomic E-state index is 12.9. The van der Waals surface area contributed by atoms with E-state index < -0.39 is 22.8 Å². The molecule has 2 aliphatic heterocycles. The lowest BCUT2D eigenvalue weighted by Crippen LogP contribution is -2.31. The fraction of sp³-hybridized carbons (Fsp3) is 0.400. The minimum Gasteiger partial charge on any atom is -0.462 e. The second kappa shape index (κ2) is 8.24. The number of hydrogen-bond donors (Lipinski definition) is 1. The van der Waals surface area contributed by atoms with Gasteiger partial charge in [0.1, 0.15) is 6.61 Å². The number of nitro benzene ring substituents is 1. The van der Waals surface area contributed by atoms with Crippen molar-refractivity contribution in [1.82, 2.24) is 5.32 Å². The highest BCUT2D eigenvalue weighted by atomic mass is 16.6. The molecule has 8 heteroatoms. The summed E-state index contributed by atoms with van der Waals surface area (Å²) in [5.74, 6) is -1.83. The van der Waals surface area contributed by atoms with Crippen LogP contribution in [0.3, 0.4) is 0 Å². The molecule has 0 bridgehead atoms. The van der Waals surface area contributed by atoms with Gasteiger partial charge in [0.15, 0.2) is 0 Å². The molecule has 1 aromatic carbocycles. The van der Waals surface area contributed by atoms with Gasteiger partial charge in [0.25, 0.3) is 5.69 Å². The van der Waals surface area contributed by atoms with E-state index in [1.807, 2.05) is 13.8 Å². The van der Waals surface area contributed by atoms with Crippen LogP contribution in [-0.4, -0.2) is 30.1 Å². The van der Waals surface area contributed by atoms with E-state index in [9.17, 15) is 19.7 Å². The number of ether oxygens (including phenoxy) is 2. The molecule has 1 N–H and O–H groups in total. The van der Waals surface area contributed by atoms with Gasteiger partial charge in [-0.25, -0.2) is 9.59 Å². The zero-order valence-corrected chi connectivity index (χ0v) is 15.8. The molecule has 0 spiro atoms. The third-order valence-corrected chi connectivity index (χ3v) is 4.67. The molecule has 0 fully saturated rings. The number of carbonyl (C=O) groups is 2. The highest BCUT2D eigenvalue weighted by Gasteiger charge is 2.42. The molecule has 2 aliphatic rings. The third-order valence-electron chi connectivity index (χ3n) is 4.67. The van der Waals surface area contributed by atoms with Crippen LogP contribution in [0.2, 0.25) is 0 Å². The van der Waals surface area contributed by atoms with E-state index in [2.05, 4.69) is 5.32 Å². The third kappa shape index (κ3) is 3.62. The molecule has 1 aromatic rings. The largest absolute Gasteiger partial charge is 0.462 e. The number of nitrogens with zero attached hydrogens (tertiary/aromatic N) is 1. The monoisotopic (exact) mass is 386 g/mol. The summed E-state index contributed by atoms with van der Waals surface area (Å²) in [7, 11) is 0. The minimum absolute atomic E-state index is 0.0874. The molecule has 1 atom stereocenters. The average molecular weight is 386 g/mol. The van der Waals surface area contributed by atoms with Gasteiger partial charge in [-0.1, -0.05) is 32.4 Å². The molecule has 0 aromatic heterocycles. The van der Waals surface area contributed by atoms with E-state index in [1.54, 1.807) is 12.1 Å². The number of rotatable bonds is 7. The van der Waals surface area contributed by atoms with Crippen molar-refractivity contribution in [1.29, 1.82) is 0 Å². The first kappa shape index (κ1) is 19.6. The van der Waals surface area contributed by atoms with Crippen LogP contribution in [0.5, 0.6) is 0 Å². The van der Waals surface area contributed by atoms with Crippen molar-refractivity contribution in [2.75, 3.05) is 13.2 Å².